The van der Waals surface area contributed by atoms with Crippen LogP contribution in [0.1, 0.15) is 33.5 Å². The van der Waals surface area contributed by atoms with Crippen molar-refractivity contribution in [2.45, 2.75) is 39.1 Å². The van der Waals surface area contributed by atoms with E-state index in [1.807, 2.05) is 50.2 Å². The molecule has 0 saturated carbocycles. The molecular formula is C25H28N4O3S. The van der Waals surface area contributed by atoms with Gasteiger partial charge in [0.1, 0.15) is 0 Å². The predicted molar refractivity (Wildman–Crippen MR) is 129 cm³/mol. The van der Waals surface area contributed by atoms with Gasteiger partial charge in [-0.25, -0.2) is 13.8 Å². The first-order chi connectivity index (χ1) is 15.7. The average Bonchev–Trinajstić information content (AvgIpc) is 2.74. The minimum Gasteiger partial charge on any atom is -0.272 e. The van der Waals surface area contributed by atoms with E-state index in [-0.39, 0.29) is 18.0 Å². The number of aromatic nitrogens is 1. The molecule has 0 unspecified atom stereocenters. The van der Waals surface area contributed by atoms with Crippen molar-refractivity contribution < 1.29 is 13.2 Å². The van der Waals surface area contributed by atoms with Gasteiger partial charge in [0.05, 0.1) is 23.3 Å². The molecule has 0 atom stereocenters. The molecule has 3 aromatic rings. The Morgan fingerprint density at radius 3 is 2.27 bits per heavy atom. The summed E-state index contributed by atoms with van der Waals surface area (Å²) in [5.41, 5.74) is 7.12. The fraction of sp³-hybridized carbons (Fsp3) is 0.240. The molecule has 0 aliphatic carbocycles. The molecule has 1 heterocycles. The van der Waals surface area contributed by atoms with E-state index in [0.717, 1.165) is 16.7 Å². The Labute approximate surface area is 195 Å². The van der Waals surface area contributed by atoms with Gasteiger partial charge in [-0.15, -0.1) is 0 Å². The van der Waals surface area contributed by atoms with Crippen LogP contribution in [0.4, 0.5) is 0 Å². The van der Waals surface area contributed by atoms with Crippen LogP contribution in [-0.2, 0) is 21.4 Å². The minimum absolute atomic E-state index is 0.0622. The molecule has 1 amide bonds. The molecule has 8 heteroatoms. The fourth-order valence-electron chi connectivity index (χ4n) is 3.64. The zero-order chi connectivity index (χ0) is 24.0. The lowest BCUT2D eigenvalue weighted by atomic mass is 10.1. The van der Waals surface area contributed by atoms with Gasteiger partial charge in [-0.2, -0.15) is 9.41 Å². The van der Waals surface area contributed by atoms with Gasteiger partial charge in [0, 0.05) is 12.7 Å². The van der Waals surface area contributed by atoms with Crippen molar-refractivity contribution in [3.8, 4) is 0 Å². The highest BCUT2D eigenvalue weighted by molar-refractivity contribution is 7.89. The van der Waals surface area contributed by atoms with Gasteiger partial charge in [0.25, 0.3) is 5.91 Å². The number of pyridine rings is 1. The minimum atomic E-state index is -3.95. The zero-order valence-electron chi connectivity index (χ0n) is 19.2. The Morgan fingerprint density at radius 2 is 1.67 bits per heavy atom. The SMILES string of the molecule is Cc1ccc(CN(CC(=O)NN=Cc2ccccn2)S(=O)(=O)c2c(C)cc(C)cc2C)cc1. The van der Waals surface area contributed by atoms with Crippen LogP contribution < -0.4 is 5.43 Å². The summed E-state index contributed by atoms with van der Waals surface area (Å²) in [5, 5.41) is 3.91. The third-order valence-electron chi connectivity index (χ3n) is 5.08. The summed E-state index contributed by atoms with van der Waals surface area (Å²) in [6.07, 6.45) is 3.02. The highest BCUT2D eigenvalue weighted by Gasteiger charge is 2.30. The summed E-state index contributed by atoms with van der Waals surface area (Å²) < 4.78 is 28.6. The van der Waals surface area contributed by atoms with E-state index < -0.39 is 15.9 Å². The summed E-state index contributed by atoms with van der Waals surface area (Å²) in [4.78, 5) is 17.0. The second-order valence-corrected chi connectivity index (χ2v) is 9.91. The van der Waals surface area contributed by atoms with Crippen LogP contribution in [0.2, 0.25) is 0 Å². The van der Waals surface area contributed by atoms with E-state index in [2.05, 4.69) is 15.5 Å². The zero-order valence-corrected chi connectivity index (χ0v) is 20.1. The molecule has 2 aromatic carbocycles. The molecule has 33 heavy (non-hydrogen) atoms. The van der Waals surface area contributed by atoms with Gasteiger partial charge in [-0.3, -0.25) is 9.78 Å². The number of sulfonamides is 1. The van der Waals surface area contributed by atoms with Crippen LogP contribution in [0.5, 0.6) is 0 Å². The Morgan fingerprint density at radius 1 is 1.00 bits per heavy atom. The highest BCUT2D eigenvalue weighted by Crippen LogP contribution is 2.26. The molecule has 0 aliphatic heterocycles. The molecule has 1 aromatic heterocycles. The summed E-state index contributed by atoms with van der Waals surface area (Å²) in [6.45, 7) is 7.12. The Kier molecular flexibility index (Phi) is 7.73. The molecule has 0 saturated heterocycles. The number of hydrazone groups is 1. The molecule has 0 radical (unpaired) electrons. The molecule has 172 valence electrons. The number of rotatable bonds is 8. The normalized spacial score (nSPS) is 11.8. The van der Waals surface area contributed by atoms with Crippen LogP contribution >= 0.6 is 0 Å². The number of amides is 1. The van der Waals surface area contributed by atoms with E-state index in [0.29, 0.717) is 16.8 Å². The first kappa shape index (κ1) is 24.3. The maximum absolute atomic E-state index is 13.7. The third-order valence-corrected chi connectivity index (χ3v) is 7.17. The smallest absolute Gasteiger partial charge is 0.255 e. The van der Waals surface area contributed by atoms with Crippen molar-refractivity contribution in [2.75, 3.05) is 6.54 Å². The first-order valence-corrected chi connectivity index (χ1v) is 12.0. The lowest BCUT2D eigenvalue weighted by Gasteiger charge is -2.24. The number of hydrogen-bond acceptors (Lipinski definition) is 5. The van der Waals surface area contributed by atoms with E-state index in [1.165, 1.54) is 10.5 Å². The summed E-state index contributed by atoms with van der Waals surface area (Å²) >= 11 is 0. The van der Waals surface area contributed by atoms with Crippen LogP contribution in [0.15, 0.2) is 70.8 Å². The largest absolute Gasteiger partial charge is 0.272 e. The van der Waals surface area contributed by atoms with Crippen LogP contribution in [-0.4, -0.2) is 36.4 Å². The highest BCUT2D eigenvalue weighted by atomic mass is 32.2. The average molecular weight is 465 g/mol. The molecule has 0 bridgehead atoms. The predicted octanol–water partition coefficient (Wildman–Crippen LogP) is 3.66. The van der Waals surface area contributed by atoms with Gasteiger partial charge < -0.3 is 0 Å². The van der Waals surface area contributed by atoms with Gasteiger partial charge in [-0.1, -0.05) is 53.6 Å². The van der Waals surface area contributed by atoms with Crippen molar-refractivity contribution in [1.29, 1.82) is 0 Å². The van der Waals surface area contributed by atoms with E-state index in [4.69, 9.17) is 0 Å². The number of hydrogen-bond donors (Lipinski definition) is 1. The quantitative estimate of drug-likeness (QED) is 0.407. The van der Waals surface area contributed by atoms with E-state index in [9.17, 15) is 13.2 Å². The molecule has 0 aliphatic rings. The maximum atomic E-state index is 13.7. The van der Waals surface area contributed by atoms with Gasteiger partial charge >= 0.3 is 0 Å². The summed E-state index contributed by atoms with van der Waals surface area (Å²) in [7, 11) is -3.95. The topological polar surface area (TPSA) is 91.7 Å². The van der Waals surface area contributed by atoms with E-state index >= 15 is 0 Å². The molecule has 7 nitrogen and oxygen atoms in total. The third kappa shape index (κ3) is 6.34. The fourth-order valence-corrected chi connectivity index (χ4v) is 5.44. The number of aryl methyl sites for hydroxylation is 4. The molecule has 0 fully saturated rings. The Balaban J connectivity index is 1.88. The molecule has 3 rings (SSSR count). The number of benzene rings is 2. The first-order valence-electron chi connectivity index (χ1n) is 10.5. The van der Waals surface area contributed by atoms with Crippen molar-refractivity contribution in [3.63, 3.8) is 0 Å². The Bertz CT molecular complexity index is 1230. The van der Waals surface area contributed by atoms with Crippen molar-refractivity contribution in [1.82, 2.24) is 14.7 Å². The second-order valence-electron chi connectivity index (χ2n) is 8.03. The van der Waals surface area contributed by atoms with Crippen molar-refractivity contribution in [3.05, 3.63) is 94.3 Å². The number of nitrogens with zero attached hydrogens (tertiary/aromatic N) is 3. The van der Waals surface area contributed by atoms with Gasteiger partial charge in [0.15, 0.2) is 0 Å². The standard InChI is InChI=1S/C25H28N4O3S/c1-18-8-10-22(11-9-18)16-29(17-24(30)28-27-15-23-7-5-6-12-26-23)33(31,32)25-20(3)13-19(2)14-21(25)4/h5-15H,16-17H2,1-4H3,(H,28,30). The molecule has 0 spiro atoms. The number of nitrogens with one attached hydrogen (secondary N) is 1. The van der Waals surface area contributed by atoms with Crippen LogP contribution in [0.25, 0.3) is 0 Å². The van der Waals surface area contributed by atoms with Crippen LogP contribution in [0, 0.1) is 27.7 Å². The van der Waals surface area contributed by atoms with E-state index in [1.54, 1.807) is 38.2 Å². The molecule has 1 N–H and O–H groups in total. The van der Waals surface area contributed by atoms with Crippen molar-refractivity contribution in [2.24, 2.45) is 5.10 Å². The summed E-state index contributed by atoms with van der Waals surface area (Å²) in [6, 6.07) is 16.6. The number of carbonyl (C=O) groups is 1. The second kappa shape index (κ2) is 10.5. The summed E-state index contributed by atoms with van der Waals surface area (Å²) in [5.74, 6) is -0.541. The van der Waals surface area contributed by atoms with Crippen molar-refractivity contribution >= 4 is 22.1 Å². The lowest BCUT2D eigenvalue weighted by molar-refractivity contribution is -0.121. The number of carbonyl (C=O) groups excluding carboxylic acids is 1. The van der Waals surface area contributed by atoms with Gasteiger partial charge in [0.2, 0.25) is 10.0 Å². The van der Waals surface area contributed by atoms with Crippen LogP contribution in [0.3, 0.4) is 0 Å². The lowest BCUT2D eigenvalue weighted by Crippen LogP contribution is -2.39. The maximum Gasteiger partial charge on any atom is 0.255 e. The monoisotopic (exact) mass is 464 g/mol. The van der Waals surface area contributed by atoms with Gasteiger partial charge in [-0.05, 0) is 56.5 Å². The Hall–Kier alpha value is -3.36. The molecular weight excluding hydrogens is 436 g/mol.